The van der Waals surface area contributed by atoms with Crippen LogP contribution in [0.3, 0.4) is 0 Å². The van der Waals surface area contributed by atoms with Crippen molar-refractivity contribution in [3.8, 4) is 5.75 Å². The van der Waals surface area contributed by atoms with Crippen LogP contribution >= 0.6 is 0 Å². The summed E-state index contributed by atoms with van der Waals surface area (Å²) in [6.07, 6.45) is 1.56. The minimum Gasteiger partial charge on any atom is -0.494 e. The van der Waals surface area contributed by atoms with Gasteiger partial charge in [0.25, 0.3) is 0 Å². The van der Waals surface area contributed by atoms with Gasteiger partial charge >= 0.3 is 0 Å². The molecule has 0 unspecified atom stereocenters. The molecule has 1 N–H and O–H groups in total. The molecule has 0 saturated carbocycles. The summed E-state index contributed by atoms with van der Waals surface area (Å²) in [4.78, 5) is 26.3. The average Bonchev–Trinajstić information content (AvgIpc) is 2.77. The SMILES string of the molecule is CCOc1ccc(S(=O)(=O)N2CCC(C(=O)N(C)CC(=O)NCCCOC)CC2)cc1. The third-order valence-corrected chi connectivity index (χ3v) is 7.09. The Morgan fingerprint density at radius 3 is 2.42 bits per heavy atom. The summed E-state index contributed by atoms with van der Waals surface area (Å²) in [5.41, 5.74) is 0. The van der Waals surface area contributed by atoms with Gasteiger partial charge in [-0.1, -0.05) is 0 Å². The quantitative estimate of drug-likeness (QED) is 0.501. The van der Waals surface area contributed by atoms with Crippen molar-refractivity contribution in [2.75, 3.05) is 53.6 Å². The summed E-state index contributed by atoms with van der Waals surface area (Å²) >= 11 is 0. The van der Waals surface area contributed by atoms with Crippen LogP contribution in [0.2, 0.25) is 0 Å². The molecule has 1 heterocycles. The first-order chi connectivity index (χ1) is 14.8. The maximum absolute atomic E-state index is 12.9. The largest absolute Gasteiger partial charge is 0.494 e. The lowest BCUT2D eigenvalue weighted by Gasteiger charge is -2.32. The summed E-state index contributed by atoms with van der Waals surface area (Å²) < 4.78 is 37.5. The second-order valence-corrected chi connectivity index (χ2v) is 9.41. The summed E-state index contributed by atoms with van der Waals surface area (Å²) in [5.74, 6) is -0.0257. The second kappa shape index (κ2) is 12.0. The van der Waals surface area contributed by atoms with E-state index in [1.54, 1.807) is 26.3 Å². The van der Waals surface area contributed by atoms with E-state index in [1.165, 1.54) is 21.3 Å². The predicted molar refractivity (Wildman–Crippen MR) is 116 cm³/mol. The first-order valence-corrected chi connectivity index (χ1v) is 12.0. The summed E-state index contributed by atoms with van der Waals surface area (Å²) in [6, 6.07) is 6.36. The zero-order valence-electron chi connectivity index (χ0n) is 18.5. The van der Waals surface area contributed by atoms with Crippen LogP contribution in [0.15, 0.2) is 29.2 Å². The van der Waals surface area contributed by atoms with Crippen molar-refractivity contribution in [2.45, 2.75) is 31.1 Å². The van der Waals surface area contributed by atoms with Crippen LogP contribution in [0.1, 0.15) is 26.2 Å². The zero-order valence-corrected chi connectivity index (χ0v) is 19.3. The van der Waals surface area contributed by atoms with Crippen molar-refractivity contribution in [3.05, 3.63) is 24.3 Å². The standard InChI is InChI=1S/C21H33N3O6S/c1-4-30-18-6-8-19(9-7-18)31(27,28)24-13-10-17(11-14-24)21(26)23(2)16-20(25)22-12-5-15-29-3/h6-9,17H,4-5,10-16H2,1-3H3,(H,22,25). The van der Waals surface area contributed by atoms with Crippen LogP contribution < -0.4 is 10.1 Å². The molecular formula is C21H33N3O6S. The smallest absolute Gasteiger partial charge is 0.243 e. The lowest BCUT2D eigenvalue weighted by molar-refractivity contribution is -0.139. The Hall–Kier alpha value is -2.17. The van der Waals surface area contributed by atoms with Gasteiger partial charge in [-0.05, 0) is 50.5 Å². The van der Waals surface area contributed by atoms with Gasteiger partial charge in [-0.15, -0.1) is 0 Å². The van der Waals surface area contributed by atoms with E-state index in [9.17, 15) is 18.0 Å². The van der Waals surface area contributed by atoms with E-state index in [4.69, 9.17) is 9.47 Å². The summed E-state index contributed by atoms with van der Waals surface area (Å²) in [7, 11) is -0.421. The Bertz CT molecular complexity index is 820. The van der Waals surface area contributed by atoms with Crippen LogP contribution in [-0.2, 0) is 24.3 Å². The number of nitrogens with one attached hydrogen (secondary N) is 1. The highest BCUT2D eigenvalue weighted by Gasteiger charge is 2.33. The zero-order chi connectivity index (χ0) is 22.9. The van der Waals surface area contributed by atoms with Gasteiger partial charge in [-0.3, -0.25) is 9.59 Å². The third-order valence-electron chi connectivity index (χ3n) is 5.18. The molecule has 10 heteroatoms. The minimum absolute atomic E-state index is 0.0174. The van der Waals surface area contributed by atoms with Gasteiger partial charge in [0.2, 0.25) is 21.8 Å². The Morgan fingerprint density at radius 2 is 1.84 bits per heavy atom. The molecule has 31 heavy (non-hydrogen) atoms. The van der Waals surface area contributed by atoms with E-state index >= 15 is 0 Å². The van der Waals surface area contributed by atoms with Crippen molar-refractivity contribution in [1.82, 2.24) is 14.5 Å². The number of likely N-dealkylation sites (N-methyl/N-ethyl adjacent to an activating group) is 1. The summed E-state index contributed by atoms with van der Waals surface area (Å²) in [5, 5.41) is 2.75. The van der Waals surface area contributed by atoms with Gasteiger partial charge in [0.15, 0.2) is 0 Å². The molecule has 174 valence electrons. The number of hydrogen-bond acceptors (Lipinski definition) is 6. The molecule has 1 aromatic carbocycles. The highest BCUT2D eigenvalue weighted by molar-refractivity contribution is 7.89. The second-order valence-electron chi connectivity index (χ2n) is 7.47. The predicted octanol–water partition coefficient (Wildman–Crippen LogP) is 1.10. The molecule has 1 aliphatic heterocycles. The fourth-order valence-corrected chi connectivity index (χ4v) is 4.94. The highest BCUT2D eigenvalue weighted by Crippen LogP contribution is 2.26. The van der Waals surface area contributed by atoms with E-state index < -0.39 is 10.0 Å². The molecule has 1 aromatic rings. The Morgan fingerprint density at radius 1 is 1.19 bits per heavy atom. The van der Waals surface area contributed by atoms with Gasteiger partial charge in [0.1, 0.15) is 5.75 Å². The Kier molecular flexibility index (Phi) is 9.73. The van der Waals surface area contributed by atoms with Crippen LogP contribution in [-0.4, -0.2) is 83.0 Å². The lowest BCUT2D eigenvalue weighted by Crippen LogP contribution is -2.45. The molecule has 1 saturated heterocycles. The number of amides is 2. The van der Waals surface area contributed by atoms with Crippen molar-refractivity contribution in [2.24, 2.45) is 5.92 Å². The third kappa shape index (κ3) is 7.19. The van der Waals surface area contributed by atoms with Crippen molar-refractivity contribution in [3.63, 3.8) is 0 Å². The van der Waals surface area contributed by atoms with Crippen LogP contribution in [0, 0.1) is 5.92 Å². The first-order valence-electron chi connectivity index (χ1n) is 10.5. The fraction of sp³-hybridized carbons (Fsp3) is 0.619. The first kappa shape index (κ1) is 25.1. The van der Waals surface area contributed by atoms with Crippen LogP contribution in [0.4, 0.5) is 0 Å². The maximum Gasteiger partial charge on any atom is 0.243 e. The molecule has 2 rings (SSSR count). The van der Waals surface area contributed by atoms with Gasteiger partial charge in [0.05, 0.1) is 18.0 Å². The van der Waals surface area contributed by atoms with Gasteiger partial charge < -0.3 is 19.7 Å². The van der Waals surface area contributed by atoms with Crippen molar-refractivity contribution >= 4 is 21.8 Å². The molecule has 0 aliphatic carbocycles. The molecule has 1 aliphatic rings. The van der Waals surface area contributed by atoms with Gasteiger partial charge in [-0.25, -0.2) is 8.42 Å². The molecular weight excluding hydrogens is 422 g/mol. The number of carbonyl (C=O) groups is 2. The van der Waals surface area contributed by atoms with E-state index in [2.05, 4.69) is 5.32 Å². The molecule has 0 spiro atoms. The van der Waals surface area contributed by atoms with E-state index in [-0.39, 0.29) is 42.3 Å². The molecule has 0 atom stereocenters. The Labute approximate surface area is 184 Å². The maximum atomic E-state index is 12.9. The van der Waals surface area contributed by atoms with Crippen molar-refractivity contribution < 1.29 is 27.5 Å². The Balaban J connectivity index is 1.85. The number of methoxy groups -OCH3 is 1. The highest BCUT2D eigenvalue weighted by atomic mass is 32.2. The number of rotatable bonds is 11. The number of hydrogen-bond donors (Lipinski definition) is 1. The van der Waals surface area contributed by atoms with Gasteiger partial charge in [0, 0.05) is 46.3 Å². The molecule has 0 radical (unpaired) electrons. The number of nitrogens with zero attached hydrogens (tertiary/aromatic N) is 2. The molecule has 9 nitrogen and oxygen atoms in total. The van der Waals surface area contributed by atoms with Crippen LogP contribution in [0.5, 0.6) is 5.75 Å². The van der Waals surface area contributed by atoms with E-state index in [1.807, 2.05) is 6.92 Å². The molecule has 2 amide bonds. The van der Waals surface area contributed by atoms with E-state index in [0.717, 1.165) is 0 Å². The molecule has 0 aromatic heterocycles. The normalized spacial score (nSPS) is 15.5. The number of benzene rings is 1. The monoisotopic (exact) mass is 455 g/mol. The van der Waals surface area contributed by atoms with Crippen molar-refractivity contribution in [1.29, 1.82) is 0 Å². The number of carbonyl (C=O) groups excluding carboxylic acids is 2. The molecule has 0 bridgehead atoms. The van der Waals surface area contributed by atoms with Gasteiger partial charge in [-0.2, -0.15) is 4.31 Å². The number of ether oxygens (including phenoxy) is 2. The fourth-order valence-electron chi connectivity index (χ4n) is 3.47. The van der Waals surface area contributed by atoms with Crippen LogP contribution in [0.25, 0.3) is 0 Å². The number of sulfonamides is 1. The minimum atomic E-state index is -3.62. The average molecular weight is 456 g/mol. The summed E-state index contributed by atoms with van der Waals surface area (Å²) in [6.45, 7) is 3.95. The van der Waals surface area contributed by atoms with E-state index in [0.29, 0.717) is 44.8 Å². The lowest BCUT2D eigenvalue weighted by atomic mass is 9.96. The topological polar surface area (TPSA) is 105 Å². The molecule has 1 fully saturated rings. The number of piperidine rings is 1.